The summed E-state index contributed by atoms with van der Waals surface area (Å²) < 4.78 is 0. The lowest BCUT2D eigenvalue weighted by Crippen LogP contribution is -2.56. The molecular weight excluding hydrogens is 416 g/mol. The number of aliphatic hydroxyl groups is 1. The van der Waals surface area contributed by atoms with Gasteiger partial charge < -0.3 is 15.3 Å². The van der Waals surface area contributed by atoms with E-state index in [9.17, 15) is 14.7 Å². The predicted octanol–water partition coefficient (Wildman–Crippen LogP) is 1.27. The van der Waals surface area contributed by atoms with E-state index in [2.05, 4.69) is 25.2 Å². The molecule has 0 unspecified atom stereocenters. The highest BCUT2D eigenvalue weighted by Gasteiger charge is 2.28. The van der Waals surface area contributed by atoms with Crippen molar-refractivity contribution in [2.45, 2.75) is 51.8 Å². The molecule has 0 aliphatic carbocycles. The van der Waals surface area contributed by atoms with Gasteiger partial charge >= 0.3 is 0 Å². The van der Waals surface area contributed by atoms with E-state index in [0.29, 0.717) is 37.6 Å². The van der Waals surface area contributed by atoms with Gasteiger partial charge in [-0.15, -0.1) is 11.3 Å². The van der Waals surface area contributed by atoms with E-state index in [-0.39, 0.29) is 24.2 Å². The molecule has 2 aromatic rings. The fourth-order valence-corrected chi connectivity index (χ4v) is 4.91. The molecule has 1 amide bonds. The number of aliphatic hydroxyl groups excluding tert-OH is 1. The summed E-state index contributed by atoms with van der Waals surface area (Å²) in [7, 11) is 0. The number of aromatic nitrogens is 3. The number of nitrogens with zero attached hydrogens (tertiary/aromatic N) is 5. The molecule has 166 valence electrons. The number of β-amino-alcohol motifs (C(OH)–C–C–N with tert-alkyl or cyclic N) is 1. The zero-order valence-electron chi connectivity index (χ0n) is 17.9. The number of carbonyl (C=O) groups excluding carboxylic acids is 2. The van der Waals surface area contributed by atoms with Crippen molar-refractivity contribution in [2.24, 2.45) is 0 Å². The van der Waals surface area contributed by atoms with Crippen molar-refractivity contribution in [3.8, 4) is 0 Å². The molecule has 4 rings (SSSR count). The Morgan fingerprint density at radius 1 is 1.35 bits per heavy atom. The van der Waals surface area contributed by atoms with Gasteiger partial charge in [-0.05, 0) is 19.8 Å². The van der Waals surface area contributed by atoms with Gasteiger partial charge in [-0.25, -0.2) is 15.0 Å². The van der Waals surface area contributed by atoms with Gasteiger partial charge in [0.15, 0.2) is 5.78 Å². The first-order valence-corrected chi connectivity index (χ1v) is 11.4. The molecule has 0 saturated carbocycles. The molecule has 2 N–H and O–H groups in total. The number of anilines is 1. The predicted molar refractivity (Wildman–Crippen MR) is 117 cm³/mol. The summed E-state index contributed by atoms with van der Waals surface area (Å²) in [5.41, 5.74) is 1.46. The molecule has 0 spiro atoms. The van der Waals surface area contributed by atoms with Crippen LogP contribution in [0.2, 0.25) is 0 Å². The van der Waals surface area contributed by atoms with Gasteiger partial charge in [0, 0.05) is 57.0 Å². The zero-order valence-corrected chi connectivity index (χ0v) is 18.7. The molecule has 0 bridgehead atoms. The van der Waals surface area contributed by atoms with Gasteiger partial charge in [-0.1, -0.05) is 0 Å². The average molecular weight is 445 g/mol. The summed E-state index contributed by atoms with van der Waals surface area (Å²) in [6, 6.07) is 1.78. The summed E-state index contributed by atoms with van der Waals surface area (Å²) in [5, 5.41) is 14.8. The first kappa shape index (κ1) is 21.8. The van der Waals surface area contributed by atoms with Gasteiger partial charge in [-0.2, -0.15) is 0 Å². The minimum absolute atomic E-state index is 0.0573. The second-order valence-electron chi connectivity index (χ2n) is 8.26. The smallest absolute Gasteiger partial charge is 0.219 e. The molecule has 0 aromatic carbocycles. The van der Waals surface area contributed by atoms with Gasteiger partial charge in [-0.3, -0.25) is 14.5 Å². The van der Waals surface area contributed by atoms with E-state index >= 15 is 0 Å². The highest BCUT2D eigenvalue weighted by Crippen LogP contribution is 2.24. The average Bonchev–Trinajstić information content (AvgIpc) is 3.07. The van der Waals surface area contributed by atoms with Crippen molar-refractivity contribution in [1.82, 2.24) is 24.8 Å². The lowest BCUT2D eigenvalue weighted by Gasteiger charge is -2.39. The number of amides is 1. The normalized spacial score (nSPS) is 17.7. The van der Waals surface area contributed by atoms with Crippen LogP contribution in [0.3, 0.4) is 0 Å². The molecule has 2 aliphatic rings. The van der Waals surface area contributed by atoms with Crippen LogP contribution < -0.4 is 5.32 Å². The minimum atomic E-state index is -0.572. The third kappa shape index (κ3) is 5.44. The highest BCUT2D eigenvalue weighted by atomic mass is 32.1. The standard InChI is InChI=1S/C21H28N6O3S/c1-13-24-18-11-26(6-5-20(18)31-13)10-16(29)3-4-19(30)17-7-21(23-12-22-17)25-15-8-27(9-15)14(2)28/h7,12,15-16,29H,3-6,8-11H2,1-2H3,(H,22,23,25)/t16-/m0/s1. The second kappa shape index (κ2) is 9.37. The van der Waals surface area contributed by atoms with Crippen LogP contribution in [0.5, 0.6) is 0 Å². The van der Waals surface area contributed by atoms with Crippen molar-refractivity contribution in [1.29, 1.82) is 0 Å². The fraction of sp³-hybridized carbons (Fsp3) is 0.571. The number of likely N-dealkylation sites (tertiary alicyclic amines) is 1. The summed E-state index contributed by atoms with van der Waals surface area (Å²) in [4.78, 5) is 42.0. The lowest BCUT2D eigenvalue weighted by molar-refractivity contribution is -0.132. The number of thiazole rings is 1. The molecule has 10 heteroatoms. The topological polar surface area (TPSA) is 112 Å². The molecule has 9 nitrogen and oxygen atoms in total. The molecule has 31 heavy (non-hydrogen) atoms. The van der Waals surface area contributed by atoms with Crippen LogP contribution in [0.25, 0.3) is 0 Å². The Hall–Kier alpha value is -2.43. The second-order valence-corrected chi connectivity index (χ2v) is 9.55. The Balaban J connectivity index is 1.23. The molecule has 4 heterocycles. The first-order valence-electron chi connectivity index (χ1n) is 10.6. The van der Waals surface area contributed by atoms with Crippen LogP contribution in [-0.4, -0.2) is 79.9 Å². The van der Waals surface area contributed by atoms with Crippen LogP contribution in [0, 0.1) is 6.92 Å². The van der Waals surface area contributed by atoms with Crippen molar-refractivity contribution in [3.63, 3.8) is 0 Å². The molecular formula is C21H28N6O3S. The maximum atomic E-state index is 12.6. The number of fused-ring (bicyclic) bond motifs is 1. The van der Waals surface area contributed by atoms with Crippen LogP contribution in [0.15, 0.2) is 12.4 Å². The summed E-state index contributed by atoms with van der Waals surface area (Å²) >= 11 is 1.75. The van der Waals surface area contributed by atoms with Crippen molar-refractivity contribution in [3.05, 3.63) is 33.7 Å². The van der Waals surface area contributed by atoms with Gasteiger partial charge in [0.1, 0.15) is 17.8 Å². The Morgan fingerprint density at radius 3 is 2.94 bits per heavy atom. The van der Waals surface area contributed by atoms with E-state index in [0.717, 1.165) is 30.2 Å². The molecule has 2 aromatic heterocycles. The van der Waals surface area contributed by atoms with Gasteiger partial charge in [0.25, 0.3) is 0 Å². The Kier molecular flexibility index (Phi) is 6.59. The van der Waals surface area contributed by atoms with Crippen LogP contribution in [-0.2, 0) is 17.8 Å². The first-order chi connectivity index (χ1) is 14.9. The molecule has 2 aliphatic heterocycles. The lowest BCUT2D eigenvalue weighted by atomic mass is 10.1. The Morgan fingerprint density at radius 2 is 2.16 bits per heavy atom. The third-order valence-electron chi connectivity index (χ3n) is 5.72. The number of rotatable bonds is 8. The molecule has 1 saturated heterocycles. The number of hydrogen-bond donors (Lipinski definition) is 2. The van der Waals surface area contributed by atoms with Crippen molar-refractivity contribution in [2.75, 3.05) is 31.5 Å². The maximum Gasteiger partial charge on any atom is 0.219 e. The van der Waals surface area contributed by atoms with E-state index in [1.165, 1.54) is 11.2 Å². The Labute approximate surface area is 185 Å². The Bertz CT molecular complexity index is 958. The van der Waals surface area contributed by atoms with Crippen LogP contribution in [0.1, 0.15) is 45.8 Å². The maximum absolute atomic E-state index is 12.6. The number of ketones is 1. The van der Waals surface area contributed by atoms with E-state index in [1.807, 2.05) is 6.92 Å². The zero-order chi connectivity index (χ0) is 22.0. The van der Waals surface area contributed by atoms with Crippen molar-refractivity contribution >= 4 is 28.8 Å². The van der Waals surface area contributed by atoms with Gasteiger partial charge in [0.05, 0.1) is 22.8 Å². The van der Waals surface area contributed by atoms with Crippen LogP contribution in [0.4, 0.5) is 5.82 Å². The van der Waals surface area contributed by atoms with Crippen molar-refractivity contribution < 1.29 is 14.7 Å². The number of aryl methyl sites for hydroxylation is 1. The summed E-state index contributed by atoms with van der Waals surface area (Å²) in [6.45, 7) is 7.04. The number of Topliss-reactive ketones (excluding diaryl/α,β-unsaturated/α-hetero) is 1. The number of carbonyl (C=O) groups is 2. The number of nitrogens with one attached hydrogen (secondary N) is 1. The minimum Gasteiger partial charge on any atom is -0.392 e. The molecule has 1 fully saturated rings. The highest BCUT2D eigenvalue weighted by molar-refractivity contribution is 7.11. The summed E-state index contributed by atoms with van der Waals surface area (Å²) in [5.74, 6) is 0.524. The number of hydrogen-bond acceptors (Lipinski definition) is 9. The van der Waals surface area contributed by atoms with E-state index < -0.39 is 6.10 Å². The fourth-order valence-electron chi connectivity index (χ4n) is 3.98. The SMILES string of the molecule is CC(=O)N1CC(Nc2cc(C(=O)CC[C@H](O)CN3CCc4sc(C)nc4C3)ncn2)C1. The molecule has 1 atom stereocenters. The largest absolute Gasteiger partial charge is 0.392 e. The van der Waals surface area contributed by atoms with E-state index in [1.54, 1.807) is 29.2 Å². The molecule has 0 radical (unpaired) electrons. The monoisotopic (exact) mass is 444 g/mol. The third-order valence-corrected chi connectivity index (χ3v) is 6.79. The quantitative estimate of drug-likeness (QED) is 0.586. The van der Waals surface area contributed by atoms with E-state index in [4.69, 9.17) is 0 Å². The summed E-state index contributed by atoms with van der Waals surface area (Å²) in [6.07, 6.45) is 2.38. The van der Waals surface area contributed by atoms with Gasteiger partial charge in [0.2, 0.25) is 5.91 Å². The van der Waals surface area contributed by atoms with Crippen LogP contribution >= 0.6 is 11.3 Å².